The van der Waals surface area contributed by atoms with Gasteiger partial charge in [-0.1, -0.05) is 32.0 Å². The van der Waals surface area contributed by atoms with Crippen LogP contribution in [-0.4, -0.2) is 5.91 Å². The highest BCUT2D eigenvalue weighted by atomic mass is 16.5. The Morgan fingerprint density at radius 2 is 1.85 bits per heavy atom. The molecule has 0 aromatic heterocycles. The molecular formula is C16H16N2O2. The Morgan fingerprint density at radius 1 is 1.10 bits per heavy atom. The van der Waals surface area contributed by atoms with E-state index in [1.54, 1.807) is 18.2 Å². The summed E-state index contributed by atoms with van der Waals surface area (Å²) in [4.78, 5) is 12.4. The molecule has 4 nitrogen and oxygen atoms in total. The Labute approximate surface area is 117 Å². The Kier molecular flexibility index (Phi) is 2.95. The minimum Gasteiger partial charge on any atom is -0.454 e. The van der Waals surface area contributed by atoms with Gasteiger partial charge in [-0.25, -0.2) is 10.9 Å². The van der Waals surface area contributed by atoms with Crippen LogP contribution in [0.1, 0.15) is 35.7 Å². The van der Waals surface area contributed by atoms with E-state index < -0.39 is 0 Å². The second-order valence-electron chi connectivity index (χ2n) is 5.16. The van der Waals surface area contributed by atoms with Crippen LogP contribution in [0.2, 0.25) is 0 Å². The molecule has 2 N–H and O–H groups in total. The van der Waals surface area contributed by atoms with Crippen LogP contribution < -0.4 is 15.6 Å². The number of carbonyl (C=O) groups excluding carboxylic acids is 1. The number of hydrogen-bond donors (Lipinski definition) is 1. The van der Waals surface area contributed by atoms with Crippen molar-refractivity contribution in [1.29, 1.82) is 0 Å². The molecule has 1 amide bonds. The molecule has 20 heavy (non-hydrogen) atoms. The number of anilines is 1. The van der Waals surface area contributed by atoms with E-state index in [4.69, 9.17) is 10.6 Å². The molecule has 0 saturated carbocycles. The number of amides is 1. The van der Waals surface area contributed by atoms with Gasteiger partial charge in [-0.05, 0) is 35.7 Å². The van der Waals surface area contributed by atoms with Crippen molar-refractivity contribution in [2.45, 2.75) is 19.8 Å². The third-order valence-corrected chi connectivity index (χ3v) is 3.47. The molecule has 0 bridgehead atoms. The highest BCUT2D eigenvalue weighted by Gasteiger charge is 2.26. The zero-order valence-electron chi connectivity index (χ0n) is 11.5. The van der Waals surface area contributed by atoms with Crippen molar-refractivity contribution in [3.63, 3.8) is 0 Å². The summed E-state index contributed by atoms with van der Waals surface area (Å²) in [7, 11) is 0. The summed E-state index contributed by atoms with van der Waals surface area (Å²) in [5.74, 6) is 7.15. The van der Waals surface area contributed by atoms with Gasteiger partial charge in [0.2, 0.25) is 0 Å². The topological polar surface area (TPSA) is 55.6 Å². The van der Waals surface area contributed by atoms with Crippen molar-refractivity contribution in [1.82, 2.24) is 0 Å². The number of carbonyl (C=O) groups is 1. The first-order valence-electron chi connectivity index (χ1n) is 6.58. The lowest BCUT2D eigenvalue weighted by atomic mass is 10.0. The number of para-hydroxylation sites is 2. The zero-order chi connectivity index (χ0) is 14.3. The molecule has 0 unspecified atom stereocenters. The normalized spacial score (nSPS) is 13.6. The first-order chi connectivity index (χ1) is 9.58. The maximum absolute atomic E-state index is 12.4. The molecule has 1 aliphatic rings. The number of nitrogens with zero attached hydrogens (tertiary/aromatic N) is 1. The SMILES string of the molecule is CC(C)c1ccc2c(c1)Oc1ccccc1N(N)C2=O. The third-order valence-electron chi connectivity index (χ3n) is 3.47. The van der Waals surface area contributed by atoms with Crippen molar-refractivity contribution in [2.75, 3.05) is 5.01 Å². The van der Waals surface area contributed by atoms with Crippen molar-refractivity contribution >= 4 is 11.6 Å². The van der Waals surface area contributed by atoms with E-state index in [9.17, 15) is 4.79 Å². The molecule has 3 rings (SSSR count). The van der Waals surface area contributed by atoms with Crippen LogP contribution in [0, 0.1) is 0 Å². The summed E-state index contributed by atoms with van der Waals surface area (Å²) in [5, 5.41) is 1.14. The summed E-state index contributed by atoms with van der Waals surface area (Å²) < 4.78 is 5.89. The van der Waals surface area contributed by atoms with E-state index in [0.717, 1.165) is 10.6 Å². The van der Waals surface area contributed by atoms with E-state index >= 15 is 0 Å². The molecular weight excluding hydrogens is 252 g/mol. The minimum absolute atomic E-state index is 0.264. The smallest absolute Gasteiger partial charge is 0.276 e. The predicted molar refractivity (Wildman–Crippen MR) is 78.0 cm³/mol. The number of hydrogen-bond acceptors (Lipinski definition) is 3. The molecule has 1 aliphatic heterocycles. The average molecular weight is 268 g/mol. The molecule has 0 saturated heterocycles. The molecule has 0 fully saturated rings. The number of hydrazine groups is 1. The quantitative estimate of drug-likeness (QED) is 0.636. The molecule has 2 aromatic carbocycles. The van der Waals surface area contributed by atoms with Gasteiger partial charge in [-0.15, -0.1) is 0 Å². The summed E-state index contributed by atoms with van der Waals surface area (Å²) >= 11 is 0. The zero-order valence-corrected chi connectivity index (χ0v) is 11.5. The second kappa shape index (κ2) is 4.65. The third kappa shape index (κ3) is 1.94. The van der Waals surface area contributed by atoms with E-state index in [2.05, 4.69) is 13.8 Å². The molecule has 102 valence electrons. The average Bonchev–Trinajstić information content (AvgIpc) is 2.55. The summed E-state index contributed by atoms with van der Waals surface area (Å²) in [6, 6.07) is 12.9. The first-order valence-corrected chi connectivity index (χ1v) is 6.58. The van der Waals surface area contributed by atoms with Gasteiger partial charge < -0.3 is 4.74 Å². The summed E-state index contributed by atoms with van der Waals surface area (Å²) in [6.45, 7) is 4.20. The van der Waals surface area contributed by atoms with Gasteiger partial charge in [0.15, 0.2) is 5.75 Å². The molecule has 0 radical (unpaired) electrons. The fourth-order valence-corrected chi connectivity index (χ4v) is 2.26. The fourth-order valence-electron chi connectivity index (χ4n) is 2.26. The monoisotopic (exact) mass is 268 g/mol. The van der Waals surface area contributed by atoms with Crippen LogP contribution in [-0.2, 0) is 0 Å². The largest absolute Gasteiger partial charge is 0.454 e. The lowest BCUT2D eigenvalue weighted by Crippen LogP contribution is -2.36. The second-order valence-corrected chi connectivity index (χ2v) is 5.16. The minimum atomic E-state index is -0.264. The number of rotatable bonds is 1. The number of ether oxygens (including phenoxy) is 1. The van der Waals surface area contributed by atoms with Gasteiger partial charge in [0.1, 0.15) is 11.4 Å². The molecule has 1 heterocycles. The van der Waals surface area contributed by atoms with Crippen molar-refractivity contribution in [2.24, 2.45) is 5.84 Å². The Bertz CT molecular complexity index is 680. The van der Waals surface area contributed by atoms with Gasteiger partial charge in [0, 0.05) is 0 Å². The van der Waals surface area contributed by atoms with Crippen molar-refractivity contribution in [3.05, 3.63) is 53.6 Å². The van der Waals surface area contributed by atoms with Crippen LogP contribution in [0.3, 0.4) is 0 Å². The Morgan fingerprint density at radius 3 is 2.60 bits per heavy atom. The first kappa shape index (κ1) is 12.7. The highest BCUT2D eigenvalue weighted by Crippen LogP contribution is 2.38. The molecule has 0 atom stereocenters. The van der Waals surface area contributed by atoms with Crippen LogP contribution in [0.15, 0.2) is 42.5 Å². The standard InChI is InChI=1S/C16H16N2O2/c1-10(2)11-7-8-12-15(9-11)20-14-6-4-3-5-13(14)18(17)16(12)19/h3-10H,17H2,1-2H3. The van der Waals surface area contributed by atoms with Gasteiger partial charge in [-0.3, -0.25) is 4.79 Å². The predicted octanol–water partition coefficient (Wildman–Crippen LogP) is 3.44. The van der Waals surface area contributed by atoms with Crippen LogP contribution in [0.5, 0.6) is 11.5 Å². The van der Waals surface area contributed by atoms with Crippen molar-refractivity contribution in [3.8, 4) is 11.5 Å². The van der Waals surface area contributed by atoms with E-state index in [-0.39, 0.29) is 5.91 Å². The van der Waals surface area contributed by atoms with Crippen LogP contribution >= 0.6 is 0 Å². The molecule has 4 heteroatoms. The number of nitrogens with two attached hydrogens (primary N) is 1. The van der Waals surface area contributed by atoms with Gasteiger partial charge >= 0.3 is 0 Å². The summed E-state index contributed by atoms with van der Waals surface area (Å²) in [5.41, 5.74) is 2.17. The highest BCUT2D eigenvalue weighted by molar-refractivity contribution is 6.08. The van der Waals surface area contributed by atoms with E-state index in [1.807, 2.05) is 24.3 Å². The van der Waals surface area contributed by atoms with Gasteiger partial charge in [-0.2, -0.15) is 0 Å². The van der Waals surface area contributed by atoms with Gasteiger partial charge in [0.25, 0.3) is 5.91 Å². The number of benzene rings is 2. The number of fused-ring (bicyclic) bond motifs is 2. The maximum atomic E-state index is 12.4. The van der Waals surface area contributed by atoms with Crippen molar-refractivity contribution < 1.29 is 9.53 Å². The molecule has 0 spiro atoms. The van der Waals surface area contributed by atoms with Crippen LogP contribution in [0.4, 0.5) is 5.69 Å². The molecule has 0 aliphatic carbocycles. The lowest BCUT2D eigenvalue weighted by molar-refractivity contribution is 0.0987. The lowest BCUT2D eigenvalue weighted by Gasteiger charge is -2.15. The Hall–Kier alpha value is -2.33. The van der Waals surface area contributed by atoms with E-state index in [1.165, 1.54) is 0 Å². The maximum Gasteiger partial charge on any atom is 0.276 e. The Balaban J connectivity index is 2.18. The van der Waals surface area contributed by atoms with Crippen LogP contribution in [0.25, 0.3) is 0 Å². The van der Waals surface area contributed by atoms with Gasteiger partial charge in [0.05, 0.1) is 5.56 Å². The van der Waals surface area contributed by atoms with E-state index in [0.29, 0.717) is 28.7 Å². The summed E-state index contributed by atoms with van der Waals surface area (Å²) in [6.07, 6.45) is 0. The fraction of sp³-hybridized carbons (Fsp3) is 0.188. The molecule has 2 aromatic rings.